The van der Waals surface area contributed by atoms with E-state index in [1.807, 2.05) is 6.92 Å². The van der Waals surface area contributed by atoms with E-state index in [-0.39, 0.29) is 12.1 Å². The van der Waals surface area contributed by atoms with Gasteiger partial charge in [0.25, 0.3) is 0 Å². The highest BCUT2D eigenvalue weighted by Crippen LogP contribution is 2.67. The van der Waals surface area contributed by atoms with Crippen molar-refractivity contribution in [1.82, 2.24) is 0 Å². The Morgan fingerprint density at radius 2 is 1.94 bits per heavy atom. The van der Waals surface area contributed by atoms with Crippen LogP contribution in [0.5, 0.6) is 0 Å². The number of rotatable bonds is 6. The summed E-state index contributed by atoms with van der Waals surface area (Å²) < 4.78 is 5.84. The van der Waals surface area contributed by atoms with Crippen LogP contribution in [-0.2, 0) is 9.53 Å². The molecule has 0 aromatic rings. The molecule has 0 radical (unpaired) electrons. The number of allylic oxidation sites excluding steroid dienone is 5. The molecule has 184 valence electrons. The first-order chi connectivity index (χ1) is 15.7. The zero-order valence-electron chi connectivity index (χ0n) is 22.2. The third-order valence-corrected chi connectivity index (χ3v) is 10.4. The van der Waals surface area contributed by atoms with Crippen LogP contribution < -0.4 is 0 Å². The van der Waals surface area contributed by atoms with Crippen molar-refractivity contribution in [1.29, 1.82) is 0 Å². The molecule has 0 aromatic carbocycles. The molecule has 0 spiro atoms. The number of esters is 1. The Labute approximate surface area is 203 Å². The summed E-state index contributed by atoms with van der Waals surface area (Å²) in [5.74, 6) is 4.01. The molecule has 0 N–H and O–H groups in total. The van der Waals surface area contributed by atoms with E-state index in [0.717, 1.165) is 42.9 Å². The van der Waals surface area contributed by atoms with Gasteiger partial charge in [-0.2, -0.15) is 0 Å². The van der Waals surface area contributed by atoms with Gasteiger partial charge in [-0.25, -0.2) is 0 Å². The zero-order valence-corrected chi connectivity index (χ0v) is 22.2. The Kier molecular flexibility index (Phi) is 7.32. The average molecular weight is 453 g/mol. The molecule has 3 fully saturated rings. The lowest BCUT2D eigenvalue weighted by atomic mass is 9.47. The summed E-state index contributed by atoms with van der Waals surface area (Å²) in [7, 11) is 0. The van der Waals surface area contributed by atoms with E-state index in [9.17, 15) is 4.79 Å². The molecule has 2 heteroatoms. The van der Waals surface area contributed by atoms with Crippen LogP contribution in [0.3, 0.4) is 0 Å². The van der Waals surface area contributed by atoms with Crippen LogP contribution in [0.25, 0.3) is 0 Å². The maximum absolute atomic E-state index is 12.1. The third-order valence-electron chi connectivity index (χ3n) is 10.4. The summed E-state index contributed by atoms with van der Waals surface area (Å²) in [4.78, 5) is 12.1. The Morgan fingerprint density at radius 3 is 2.67 bits per heavy atom. The highest BCUT2D eigenvalue weighted by Gasteiger charge is 2.59. The predicted molar refractivity (Wildman–Crippen MR) is 138 cm³/mol. The number of carbonyl (C=O) groups excluding carboxylic acids is 1. The SMILES string of the molecule is CCCC(=O)O[C@H]1CC[C@@]2(C)C(=CC[C@@H]3C2CC[C@]2(C)[C@@H]([C@H](C)/C=C/C=C(C)C)CC[C@@H]32)C1. The van der Waals surface area contributed by atoms with Crippen molar-refractivity contribution < 1.29 is 9.53 Å². The minimum atomic E-state index is -0.00132. The summed E-state index contributed by atoms with van der Waals surface area (Å²) in [6, 6.07) is 0. The first kappa shape index (κ1) is 24.8. The molecule has 0 aliphatic heterocycles. The van der Waals surface area contributed by atoms with Gasteiger partial charge in [0.1, 0.15) is 6.10 Å². The molecule has 2 nitrogen and oxygen atoms in total. The van der Waals surface area contributed by atoms with Crippen LogP contribution in [0, 0.1) is 40.4 Å². The zero-order chi connectivity index (χ0) is 23.8. The molecule has 0 amide bonds. The van der Waals surface area contributed by atoms with Gasteiger partial charge in [-0.1, -0.05) is 63.1 Å². The normalized spacial score (nSPS) is 40.9. The van der Waals surface area contributed by atoms with Crippen LogP contribution >= 0.6 is 0 Å². The van der Waals surface area contributed by atoms with Gasteiger partial charge < -0.3 is 4.74 Å². The van der Waals surface area contributed by atoms with E-state index < -0.39 is 0 Å². The summed E-state index contributed by atoms with van der Waals surface area (Å²) in [6.07, 6.45) is 21.2. The second-order valence-electron chi connectivity index (χ2n) is 12.6. The van der Waals surface area contributed by atoms with Gasteiger partial charge in [-0.05, 0) is 106 Å². The van der Waals surface area contributed by atoms with Crippen molar-refractivity contribution in [2.24, 2.45) is 40.4 Å². The third kappa shape index (κ3) is 4.65. The van der Waals surface area contributed by atoms with Gasteiger partial charge in [0.15, 0.2) is 0 Å². The van der Waals surface area contributed by atoms with E-state index in [4.69, 9.17) is 4.74 Å². The van der Waals surface area contributed by atoms with Gasteiger partial charge in [0.2, 0.25) is 0 Å². The summed E-state index contributed by atoms with van der Waals surface area (Å²) in [6.45, 7) is 14.1. The van der Waals surface area contributed by atoms with E-state index in [0.29, 0.717) is 23.2 Å². The fraction of sp³-hybridized carbons (Fsp3) is 0.774. The molecule has 4 aliphatic carbocycles. The van der Waals surface area contributed by atoms with E-state index in [1.165, 1.54) is 44.1 Å². The van der Waals surface area contributed by atoms with Gasteiger partial charge in [-0.15, -0.1) is 0 Å². The fourth-order valence-corrected chi connectivity index (χ4v) is 8.64. The Bertz CT molecular complexity index is 815. The van der Waals surface area contributed by atoms with Crippen molar-refractivity contribution in [2.45, 2.75) is 112 Å². The Balaban J connectivity index is 1.48. The van der Waals surface area contributed by atoms with E-state index in [1.54, 1.807) is 5.57 Å². The highest BCUT2D eigenvalue weighted by atomic mass is 16.5. The van der Waals surface area contributed by atoms with Crippen molar-refractivity contribution in [3.8, 4) is 0 Å². The molecule has 4 aliphatic rings. The lowest BCUT2D eigenvalue weighted by Crippen LogP contribution is -2.51. The van der Waals surface area contributed by atoms with Crippen LogP contribution in [0.15, 0.2) is 35.5 Å². The quantitative estimate of drug-likeness (QED) is 0.229. The molecule has 0 bridgehead atoms. The summed E-state index contributed by atoms with van der Waals surface area (Å²) >= 11 is 0. The van der Waals surface area contributed by atoms with Gasteiger partial charge in [0, 0.05) is 12.8 Å². The van der Waals surface area contributed by atoms with Crippen molar-refractivity contribution in [3.63, 3.8) is 0 Å². The molecule has 1 unspecified atom stereocenters. The smallest absolute Gasteiger partial charge is 0.306 e. The van der Waals surface area contributed by atoms with Crippen LogP contribution in [0.1, 0.15) is 106 Å². The number of hydrogen-bond acceptors (Lipinski definition) is 2. The topological polar surface area (TPSA) is 26.3 Å². The van der Waals surface area contributed by atoms with Gasteiger partial charge >= 0.3 is 5.97 Å². The Hall–Kier alpha value is -1.31. The fourth-order valence-electron chi connectivity index (χ4n) is 8.64. The number of fused-ring (bicyclic) bond motifs is 5. The minimum Gasteiger partial charge on any atom is -0.462 e. The maximum atomic E-state index is 12.1. The molecule has 4 rings (SSSR count). The van der Waals surface area contributed by atoms with Crippen molar-refractivity contribution in [2.75, 3.05) is 0 Å². The van der Waals surface area contributed by atoms with Gasteiger partial charge in [-0.3, -0.25) is 4.79 Å². The number of hydrogen-bond donors (Lipinski definition) is 0. The van der Waals surface area contributed by atoms with E-state index in [2.05, 4.69) is 58.9 Å². The highest BCUT2D eigenvalue weighted by molar-refractivity contribution is 5.69. The molecule has 8 atom stereocenters. The standard InChI is InChI=1S/C31H48O2/c1-7-9-29(32)33-24-16-18-30(5)23(20-24)12-13-25-27-15-14-26(22(4)11-8-10-21(2)3)31(27,6)19-17-28(25)30/h8,10-12,22,24-28H,7,9,13-20H2,1-6H3/b11-8+/t22-,24+,25+,26-,27+,28?,30+,31-/m1/s1. The molecular weight excluding hydrogens is 404 g/mol. The Morgan fingerprint density at radius 1 is 1.15 bits per heavy atom. The molecule has 0 heterocycles. The molecule has 0 saturated heterocycles. The van der Waals surface area contributed by atoms with Crippen LogP contribution in [0.4, 0.5) is 0 Å². The minimum absolute atomic E-state index is 0.00132. The van der Waals surface area contributed by atoms with Crippen molar-refractivity contribution in [3.05, 3.63) is 35.5 Å². The van der Waals surface area contributed by atoms with E-state index >= 15 is 0 Å². The number of ether oxygens (including phenoxy) is 1. The first-order valence-electron chi connectivity index (χ1n) is 13.9. The van der Waals surface area contributed by atoms with Crippen LogP contribution in [0.2, 0.25) is 0 Å². The number of carbonyl (C=O) groups is 1. The van der Waals surface area contributed by atoms with Gasteiger partial charge in [0.05, 0.1) is 0 Å². The molecule has 33 heavy (non-hydrogen) atoms. The maximum Gasteiger partial charge on any atom is 0.306 e. The monoisotopic (exact) mass is 452 g/mol. The van der Waals surface area contributed by atoms with Crippen molar-refractivity contribution >= 4 is 5.97 Å². The largest absolute Gasteiger partial charge is 0.462 e. The molecule has 3 saturated carbocycles. The first-order valence-corrected chi connectivity index (χ1v) is 13.9. The summed E-state index contributed by atoms with van der Waals surface area (Å²) in [5, 5.41) is 0. The molecular formula is C31H48O2. The lowest BCUT2D eigenvalue weighted by molar-refractivity contribution is -0.151. The molecule has 0 aromatic heterocycles. The predicted octanol–water partition coefficient (Wildman–Crippen LogP) is 8.44. The average Bonchev–Trinajstić information content (AvgIpc) is 3.11. The lowest BCUT2D eigenvalue weighted by Gasteiger charge is -2.58. The second kappa shape index (κ2) is 9.74. The van der Waals surface area contributed by atoms with Crippen LogP contribution in [-0.4, -0.2) is 12.1 Å². The second-order valence-corrected chi connectivity index (χ2v) is 12.6. The summed E-state index contributed by atoms with van der Waals surface area (Å²) in [5.41, 5.74) is 3.80.